The molecular formula is C45H57N4O9PS. The molecule has 3 fully saturated rings. The van der Waals surface area contributed by atoms with Crippen LogP contribution in [0.15, 0.2) is 65.3 Å². The Bertz CT molecular complexity index is 2260. The Hall–Kier alpha value is -4.52. The van der Waals surface area contributed by atoms with Gasteiger partial charge < -0.3 is 33.7 Å². The molecule has 15 heteroatoms. The number of nitrogens with zero attached hydrogens (tertiary/aromatic N) is 3. The number of furan rings is 1. The fourth-order valence-corrected chi connectivity index (χ4v) is 12.1. The first-order chi connectivity index (χ1) is 28.5. The van der Waals surface area contributed by atoms with Gasteiger partial charge in [-0.2, -0.15) is 0 Å². The predicted molar refractivity (Wildman–Crippen MR) is 232 cm³/mol. The number of esters is 1. The summed E-state index contributed by atoms with van der Waals surface area (Å²) in [4.78, 5) is 66.0. The Morgan fingerprint density at radius 2 is 1.90 bits per heavy atom. The van der Waals surface area contributed by atoms with Crippen LogP contribution >= 0.6 is 18.7 Å². The van der Waals surface area contributed by atoms with Crippen LogP contribution in [0.4, 0.5) is 5.13 Å². The molecule has 4 heterocycles. The van der Waals surface area contributed by atoms with Crippen molar-refractivity contribution in [3.8, 4) is 22.9 Å². The van der Waals surface area contributed by atoms with Crippen molar-refractivity contribution in [3.63, 3.8) is 0 Å². The molecule has 7 rings (SSSR count). The van der Waals surface area contributed by atoms with E-state index in [-0.39, 0.29) is 61.7 Å². The molecule has 322 valence electrons. The third kappa shape index (κ3) is 9.35. The Balaban J connectivity index is 1.22. The van der Waals surface area contributed by atoms with E-state index in [1.165, 1.54) is 23.9 Å². The van der Waals surface area contributed by atoms with Gasteiger partial charge in [-0.3, -0.25) is 18.9 Å². The molecular weight excluding hydrogens is 804 g/mol. The fourth-order valence-electron chi connectivity index (χ4n) is 8.78. The van der Waals surface area contributed by atoms with Crippen molar-refractivity contribution in [2.45, 2.75) is 122 Å². The molecule has 6 atom stereocenters. The fraction of sp³-hybridized carbons (Fsp3) is 0.533. The molecule has 3 aliphatic rings. The Kier molecular flexibility index (Phi) is 12.7. The van der Waals surface area contributed by atoms with Crippen molar-refractivity contribution >= 4 is 52.4 Å². The molecule has 0 bridgehead atoms. The predicted octanol–water partition coefficient (Wildman–Crippen LogP) is 9.04. The van der Waals surface area contributed by atoms with Gasteiger partial charge in [-0.15, -0.1) is 17.9 Å². The number of benzene rings is 1. The van der Waals surface area contributed by atoms with Gasteiger partial charge in [0.1, 0.15) is 29.4 Å². The van der Waals surface area contributed by atoms with Gasteiger partial charge in [-0.25, -0.2) is 9.97 Å². The van der Waals surface area contributed by atoms with E-state index in [9.17, 15) is 23.8 Å². The van der Waals surface area contributed by atoms with Crippen molar-refractivity contribution in [3.05, 3.63) is 66.5 Å². The lowest BCUT2D eigenvalue weighted by Crippen LogP contribution is -2.48. The molecule has 1 saturated heterocycles. The number of carbonyl (C=O) groups is 3. The number of methoxy groups -OCH3 is 1. The number of anilines is 1. The number of thiazole rings is 1. The summed E-state index contributed by atoms with van der Waals surface area (Å²) >= 11 is 1.47. The summed E-state index contributed by atoms with van der Waals surface area (Å²) in [6, 6.07) is 8.19. The van der Waals surface area contributed by atoms with Gasteiger partial charge in [0.2, 0.25) is 13.3 Å². The van der Waals surface area contributed by atoms with Gasteiger partial charge in [0.25, 0.3) is 0 Å². The number of allylic oxidation sites excluding steroid dienone is 1. The average Bonchev–Trinajstić information content (AvgIpc) is 3.81. The molecule has 2 aliphatic carbocycles. The molecule has 3 aromatic heterocycles. The van der Waals surface area contributed by atoms with E-state index in [2.05, 4.69) is 11.9 Å². The van der Waals surface area contributed by atoms with Crippen LogP contribution < -0.4 is 14.8 Å². The zero-order valence-corrected chi connectivity index (χ0v) is 37.1. The number of aromatic nitrogens is 2. The highest BCUT2D eigenvalue weighted by atomic mass is 32.1. The number of carbonyl (C=O) groups excluding carboxylic acids is 3. The summed E-state index contributed by atoms with van der Waals surface area (Å²) in [5.74, 6) is -1.18. The smallest absolute Gasteiger partial charge is 0.306 e. The van der Waals surface area contributed by atoms with Crippen LogP contribution in [0.25, 0.3) is 22.3 Å². The second-order valence-corrected chi connectivity index (χ2v) is 21.5. The van der Waals surface area contributed by atoms with Gasteiger partial charge >= 0.3 is 5.97 Å². The van der Waals surface area contributed by atoms with Crippen LogP contribution in [0.1, 0.15) is 91.5 Å². The van der Waals surface area contributed by atoms with Crippen LogP contribution in [0.3, 0.4) is 0 Å². The van der Waals surface area contributed by atoms with Crippen LogP contribution in [0.5, 0.6) is 11.5 Å². The lowest BCUT2D eigenvalue weighted by molar-refractivity contribution is -0.156. The molecule has 60 heavy (non-hydrogen) atoms. The molecule has 4 aromatic rings. The Labute approximate surface area is 355 Å². The molecule has 1 aromatic carbocycles. The van der Waals surface area contributed by atoms with Gasteiger partial charge in [-0.05, 0) is 81.0 Å². The summed E-state index contributed by atoms with van der Waals surface area (Å²) < 4.78 is 37.6. The van der Waals surface area contributed by atoms with Crippen LogP contribution in [0, 0.1) is 17.3 Å². The van der Waals surface area contributed by atoms with Gasteiger partial charge in [0, 0.05) is 41.8 Å². The topological polar surface area (TPSA) is 170 Å². The van der Waals surface area contributed by atoms with Crippen LogP contribution in [-0.2, 0) is 29.8 Å². The third-order valence-corrected chi connectivity index (χ3v) is 15.9. The molecule has 1 aliphatic heterocycles. The molecule has 2 saturated carbocycles. The highest BCUT2D eigenvalue weighted by molar-refractivity contribution is 7.59. The van der Waals surface area contributed by atoms with E-state index in [1.807, 2.05) is 64.3 Å². The first kappa shape index (κ1) is 43.6. The number of amides is 1. The minimum atomic E-state index is -3.98. The number of Topliss-reactive ketones (excluding diaryl/α,β-unsaturated/α-hetero) is 1. The van der Waals surface area contributed by atoms with Crippen molar-refractivity contribution in [1.29, 1.82) is 0 Å². The number of rotatable bonds is 17. The van der Waals surface area contributed by atoms with E-state index in [0.717, 1.165) is 30.8 Å². The number of ketones is 1. The van der Waals surface area contributed by atoms with E-state index in [4.69, 9.17) is 28.6 Å². The highest BCUT2D eigenvalue weighted by Crippen LogP contribution is 2.74. The summed E-state index contributed by atoms with van der Waals surface area (Å²) in [5.41, 5.74) is 1.75. The number of ether oxygens (including phenoxy) is 3. The second-order valence-electron chi connectivity index (χ2n) is 18.0. The number of hydrogen-bond acceptors (Lipinski definition) is 12. The number of fused-ring (bicyclic) bond motifs is 1. The molecule has 2 N–H and O–H groups in total. The maximum atomic E-state index is 14.9. The lowest BCUT2D eigenvalue weighted by Gasteiger charge is -2.35. The zero-order valence-electron chi connectivity index (χ0n) is 35.3. The van der Waals surface area contributed by atoms with Crippen molar-refractivity contribution in [2.75, 3.05) is 19.0 Å². The van der Waals surface area contributed by atoms with Gasteiger partial charge in [-0.1, -0.05) is 26.8 Å². The van der Waals surface area contributed by atoms with E-state index in [0.29, 0.717) is 45.8 Å². The number of pyridine rings is 1. The third-order valence-electron chi connectivity index (χ3n) is 12.2. The van der Waals surface area contributed by atoms with Crippen molar-refractivity contribution in [1.82, 2.24) is 14.9 Å². The summed E-state index contributed by atoms with van der Waals surface area (Å²) in [7, 11) is -2.40. The first-order valence-electron chi connectivity index (χ1n) is 20.9. The van der Waals surface area contributed by atoms with Gasteiger partial charge in [0.05, 0.1) is 67.1 Å². The zero-order chi connectivity index (χ0) is 43.0. The lowest BCUT2D eigenvalue weighted by atomic mass is 9.77. The normalized spacial score (nSPS) is 23.3. The monoisotopic (exact) mass is 860 g/mol. The van der Waals surface area contributed by atoms with Crippen LogP contribution in [0.2, 0.25) is 0 Å². The molecule has 0 spiro atoms. The minimum Gasteiger partial charge on any atom is -0.497 e. The summed E-state index contributed by atoms with van der Waals surface area (Å²) in [5, 5.41) is 5.50. The van der Waals surface area contributed by atoms with E-state index < -0.39 is 42.0 Å². The molecule has 0 radical (unpaired) electrons. The Morgan fingerprint density at radius 3 is 2.55 bits per heavy atom. The van der Waals surface area contributed by atoms with Gasteiger partial charge in [0.15, 0.2) is 10.9 Å². The summed E-state index contributed by atoms with van der Waals surface area (Å²) in [6.07, 6.45) is 7.29. The second kappa shape index (κ2) is 17.5. The SMILES string of the molecule is C=C[C@@H]1C[C@]1(CC(=O)[C@@H]1C[C@@H](Oc2cc(-c3csc(NC(C)C)n3)nc3cc(OC)ccc23)CN1C(=O)[C@@H](CC(=O)OC1CCCC1)C(C)(C)C)P(=O)(O)Cc1ccoc1. The molecule has 1 unspecified atom stereocenters. The standard InChI is InChI=1S/C45H57N4O9PS/c1-8-29-21-45(29,59(53,54)25-28-15-16-56-24-28)22-39(50)38-18-32(23-49(38)42(52)34(44(4,5)6)19-41(51)58-30-11-9-10-12-30)57-40-20-36(37-26-60-43(48-37)46-27(2)3)47-35-17-31(55-7)13-14-33(35)40/h8,13-17,20,24,26-27,29-30,32,34,38H,1,9-12,18-19,21-23,25H2,2-7H3,(H,46,48)(H,53,54)/t29-,32-,34-,38+,45-/m1/s1. The van der Waals surface area contributed by atoms with Crippen molar-refractivity contribution < 1.29 is 42.5 Å². The first-order valence-corrected chi connectivity index (χ1v) is 23.6. The maximum Gasteiger partial charge on any atom is 0.306 e. The van der Waals surface area contributed by atoms with E-state index >= 15 is 0 Å². The van der Waals surface area contributed by atoms with E-state index in [1.54, 1.807) is 24.2 Å². The maximum absolute atomic E-state index is 14.9. The molecule has 1 amide bonds. The van der Waals surface area contributed by atoms with Crippen molar-refractivity contribution in [2.24, 2.45) is 17.3 Å². The van der Waals surface area contributed by atoms with Crippen LogP contribution in [-0.4, -0.2) is 80.5 Å². The average molecular weight is 861 g/mol. The molecule has 13 nitrogen and oxygen atoms in total. The number of nitrogens with one attached hydrogen (secondary N) is 1. The largest absolute Gasteiger partial charge is 0.497 e. The number of hydrogen-bond donors (Lipinski definition) is 2. The minimum absolute atomic E-state index is 0.0532. The number of likely N-dealkylation sites (tertiary alicyclic amines) is 1. The summed E-state index contributed by atoms with van der Waals surface area (Å²) in [6.45, 7) is 13.8. The highest BCUT2D eigenvalue weighted by Gasteiger charge is 2.65. The quantitative estimate of drug-likeness (QED) is 0.0588. The Morgan fingerprint density at radius 1 is 1.13 bits per heavy atom.